The van der Waals surface area contributed by atoms with Gasteiger partial charge in [-0.25, -0.2) is 4.39 Å². The maximum atomic E-state index is 13.7. The summed E-state index contributed by atoms with van der Waals surface area (Å²) in [5.74, 6) is -0.211. The molecule has 0 amide bonds. The van der Waals surface area contributed by atoms with Crippen molar-refractivity contribution < 1.29 is 9.13 Å². The van der Waals surface area contributed by atoms with Crippen molar-refractivity contribution in [2.24, 2.45) is 0 Å². The monoisotopic (exact) mass is 318 g/mol. The lowest BCUT2D eigenvalue weighted by Gasteiger charge is -2.43. The predicted octanol–water partition coefficient (Wildman–Crippen LogP) is 3.35. The van der Waals surface area contributed by atoms with Crippen molar-refractivity contribution in [2.45, 2.75) is 31.4 Å². The molecule has 0 aromatic carbocycles. The Bertz CT molecular complexity index is 664. The number of fused-ring (bicyclic) bond motifs is 2. The molecule has 0 N–H and O–H groups in total. The van der Waals surface area contributed by atoms with E-state index in [1.165, 1.54) is 16.5 Å². The summed E-state index contributed by atoms with van der Waals surface area (Å²) in [6.45, 7) is 3.25. The van der Waals surface area contributed by atoms with Gasteiger partial charge in [-0.2, -0.15) is 0 Å². The van der Waals surface area contributed by atoms with Crippen LogP contribution in [-0.2, 0) is 23.3 Å². The highest BCUT2D eigenvalue weighted by Crippen LogP contribution is 2.44. The molecule has 2 aliphatic heterocycles. The van der Waals surface area contributed by atoms with E-state index in [-0.39, 0.29) is 11.4 Å². The van der Waals surface area contributed by atoms with Gasteiger partial charge in [-0.05, 0) is 48.4 Å². The van der Waals surface area contributed by atoms with Gasteiger partial charge in [0.25, 0.3) is 0 Å². The third-order valence-corrected chi connectivity index (χ3v) is 5.92. The number of pyridine rings is 1. The van der Waals surface area contributed by atoms with Crippen molar-refractivity contribution in [1.29, 1.82) is 0 Å². The molecule has 1 saturated heterocycles. The molecule has 2 aliphatic rings. The van der Waals surface area contributed by atoms with Gasteiger partial charge in [-0.3, -0.25) is 9.88 Å². The summed E-state index contributed by atoms with van der Waals surface area (Å²) in [6, 6.07) is 5.36. The number of hydrogen-bond acceptors (Lipinski definition) is 4. The Hall–Kier alpha value is -1.30. The fraction of sp³-hybridized carbons (Fsp3) is 0.471. The van der Waals surface area contributed by atoms with Crippen LogP contribution in [0.5, 0.6) is 0 Å². The third-order valence-electron chi connectivity index (χ3n) is 4.78. The molecule has 0 unspecified atom stereocenters. The summed E-state index contributed by atoms with van der Waals surface area (Å²) in [4.78, 5) is 7.86. The summed E-state index contributed by atoms with van der Waals surface area (Å²) in [5, 5.41) is 2.18. The molecule has 116 valence electrons. The highest BCUT2D eigenvalue weighted by atomic mass is 32.1. The van der Waals surface area contributed by atoms with E-state index in [0.717, 1.165) is 39.0 Å². The first-order valence-corrected chi connectivity index (χ1v) is 8.67. The van der Waals surface area contributed by atoms with Crippen LogP contribution >= 0.6 is 11.3 Å². The minimum absolute atomic E-state index is 0.0963. The van der Waals surface area contributed by atoms with Crippen LogP contribution in [0.25, 0.3) is 0 Å². The van der Waals surface area contributed by atoms with Crippen molar-refractivity contribution in [3.05, 3.63) is 51.7 Å². The number of thiophene rings is 1. The lowest BCUT2D eigenvalue weighted by atomic mass is 9.85. The molecule has 1 fully saturated rings. The summed E-state index contributed by atoms with van der Waals surface area (Å²) < 4.78 is 19.9. The largest absolute Gasteiger partial charge is 0.369 e. The number of likely N-dealkylation sites (tertiary alicyclic amines) is 1. The number of hydrogen-bond donors (Lipinski definition) is 0. The van der Waals surface area contributed by atoms with Gasteiger partial charge in [-0.1, -0.05) is 0 Å². The van der Waals surface area contributed by atoms with E-state index in [0.29, 0.717) is 12.2 Å². The summed E-state index contributed by atoms with van der Waals surface area (Å²) >= 11 is 1.82. The van der Waals surface area contributed by atoms with Crippen LogP contribution in [0.15, 0.2) is 29.8 Å². The van der Waals surface area contributed by atoms with Gasteiger partial charge in [-0.15, -0.1) is 11.3 Å². The number of piperidine rings is 1. The highest BCUT2D eigenvalue weighted by Gasteiger charge is 2.41. The van der Waals surface area contributed by atoms with E-state index >= 15 is 0 Å². The van der Waals surface area contributed by atoms with Crippen molar-refractivity contribution in [2.75, 3.05) is 19.7 Å². The SMILES string of the molecule is Fc1cccnc1CN1CCC2(CC1)OCCc1ccsc12. The number of halogens is 1. The van der Waals surface area contributed by atoms with Gasteiger partial charge >= 0.3 is 0 Å². The average molecular weight is 318 g/mol. The second-order valence-electron chi connectivity index (χ2n) is 6.08. The van der Waals surface area contributed by atoms with Gasteiger partial charge in [0.05, 0.1) is 12.3 Å². The minimum Gasteiger partial charge on any atom is -0.369 e. The van der Waals surface area contributed by atoms with Gasteiger partial charge in [0.2, 0.25) is 0 Å². The molecular formula is C17H19FN2OS. The lowest BCUT2D eigenvalue weighted by Crippen LogP contribution is -2.45. The Morgan fingerprint density at radius 1 is 1.32 bits per heavy atom. The molecule has 4 heterocycles. The number of ether oxygens (including phenoxy) is 1. The van der Waals surface area contributed by atoms with Gasteiger partial charge in [0.1, 0.15) is 11.4 Å². The van der Waals surface area contributed by atoms with Gasteiger partial charge < -0.3 is 4.74 Å². The summed E-state index contributed by atoms with van der Waals surface area (Å²) in [7, 11) is 0. The van der Waals surface area contributed by atoms with Crippen LogP contribution in [0.2, 0.25) is 0 Å². The van der Waals surface area contributed by atoms with E-state index in [1.807, 2.05) is 11.3 Å². The van der Waals surface area contributed by atoms with Crippen LogP contribution in [0.3, 0.4) is 0 Å². The Morgan fingerprint density at radius 2 is 2.18 bits per heavy atom. The molecule has 0 atom stereocenters. The molecule has 5 heteroatoms. The van der Waals surface area contributed by atoms with Gasteiger partial charge in [0, 0.05) is 30.7 Å². The van der Waals surface area contributed by atoms with Crippen molar-refractivity contribution in [3.63, 3.8) is 0 Å². The van der Waals surface area contributed by atoms with Gasteiger partial charge in [0.15, 0.2) is 0 Å². The fourth-order valence-electron chi connectivity index (χ4n) is 3.54. The Balaban J connectivity index is 1.47. The quantitative estimate of drug-likeness (QED) is 0.849. The first-order valence-electron chi connectivity index (χ1n) is 7.79. The van der Waals surface area contributed by atoms with Crippen LogP contribution in [0.1, 0.15) is 29.0 Å². The molecule has 4 rings (SSSR count). The first-order chi connectivity index (χ1) is 10.8. The lowest BCUT2D eigenvalue weighted by molar-refractivity contribution is -0.0962. The molecule has 0 aliphatic carbocycles. The zero-order chi connectivity index (χ0) is 15.0. The van der Waals surface area contributed by atoms with Crippen molar-refractivity contribution in [1.82, 2.24) is 9.88 Å². The first kappa shape index (κ1) is 14.3. The highest BCUT2D eigenvalue weighted by molar-refractivity contribution is 7.10. The van der Waals surface area contributed by atoms with Crippen LogP contribution in [-0.4, -0.2) is 29.6 Å². The summed E-state index contributed by atoms with van der Waals surface area (Å²) in [5.41, 5.74) is 1.90. The zero-order valence-electron chi connectivity index (χ0n) is 12.4. The molecule has 0 saturated carbocycles. The van der Waals surface area contributed by atoms with E-state index in [4.69, 9.17) is 4.74 Å². The van der Waals surface area contributed by atoms with Crippen LogP contribution in [0.4, 0.5) is 4.39 Å². The smallest absolute Gasteiger partial charge is 0.146 e. The van der Waals surface area contributed by atoms with E-state index < -0.39 is 0 Å². The maximum absolute atomic E-state index is 13.7. The predicted molar refractivity (Wildman–Crippen MR) is 84.4 cm³/mol. The third kappa shape index (κ3) is 2.47. The second-order valence-corrected chi connectivity index (χ2v) is 6.99. The average Bonchev–Trinajstić information content (AvgIpc) is 3.02. The molecule has 1 spiro atoms. The normalized spacial score (nSPS) is 21.0. The molecule has 2 aromatic heterocycles. The van der Waals surface area contributed by atoms with Crippen LogP contribution < -0.4 is 0 Å². The van der Waals surface area contributed by atoms with Crippen LogP contribution in [0, 0.1) is 5.82 Å². The molecule has 2 aromatic rings. The van der Waals surface area contributed by atoms with E-state index in [1.54, 1.807) is 12.3 Å². The topological polar surface area (TPSA) is 25.4 Å². The molecule has 0 bridgehead atoms. The number of rotatable bonds is 2. The minimum atomic E-state index is -0.211. The number of aromatic nitrogens is 1. The fourth-order valence-corrected chi connectivity index (χ4v) is 4.71. The zero-order valence-corrected chi connectivity index (χ0v) is 13.2. The molecule has 0 radical (unpaired) electrons. The second kappa shape index (κ2) is 5.72. The Labute approximate surface area is 133 Å². The maximum Gasteiger partial charge on any atom is 0.146 e. The standard InChI is InChI=1S/C17H19FN2OS/c18-14-2-1-7-19-15(14)12-20-8-5-17(6-9-20)16-13(3-10-21-17)4-11-22-16/h1-2,4,7,11H,3,5-6,8-10,12H2. The number of nitrogens with zero attached hydrogens (tertiary/aromatic N) is 2. The van der Waals surface area contributed by atoms with Crippen molar-refractivity contribution in [3.8, 4) is 0 Å². The Kier molecular flexibility index (Phi) is 3.72. The van der Waals surface area contributed by atoms with Crippen molar-refractivity contribution >= 4 is 11.3 Å². The Morgan fingerprint density at radius 3 is 3.00 bits per heavy atom. The van der Waals surface area contributed by atoms with E-state index in [9.17, 15) is 4.39 Å². The molecule has 22 heavy (non-hydrogen) atoms. The molecule has 3 nitrogen and oxygen atoms in total. The summed E-state index contributed by atoms with van der Waals surface area (Å²) in [6.07, 6.45) is 4.65. The molecular weight excluding hydrogens is 299 g/mol. The van der Waals surface area contributed by atoms with E-state index in [2.05, 4.69) is 21.3 Å².